The van der Waals surface area contributed by atoms with Crippen molar-refractivity contribution in [2.45, 2.75) is 6.92 Å². The molecule has 1 rings (SSSR count). The van der Waals surface area contributed by atoms with Gasteiger partial charge in [0.15, 0.2) is 5.41 Å². The van der Waals surface area contributed by atoms with Gasteiger partial charge in [0.1, 0.15) is 5.78 Å². The molecule has 1 fully saturated rings. The Labute approximate surface area is 58.2 Å². The monoisotopic (exact) mass is 143 g/mol. The highest BCUT2D eigenvalue weighted by Crippen LogP contribution is 2.23. The van der Waals surface area contributed by atoms with E-state index in [1.807, 2.05) is 0 Å². The molecule has 1 aliphatic rings. The van der Waals surface area contributed by atoms with Crippen molar-refractivity contribution in [2.75, 3.05) is 13.1 Å². The second-order valence-corrected chi connectivity index (χ2v) is 2.55. The molecule has 0 aromatic carbocycles. The lowest BCUT2D eigenvalue weighted by atomic mass is 9.78. The zero-order chi connectivity index (χ0) is 7.78. The lowest BCUT2D eigenvalue weighted by Crippen LogP contribution is -2.62. The fraction of sp³-hybridized carbons (Fsp3) is 0.667. The van der Waals surface area contributed by atoms with Gasteiger partial charge in [-0.05, 0) is 6.92 Å². The highest BCUT2D eigenvalue weighted by molar-refractivity contribution is 6.03. The Balaban J connectivity index is 2.78. The lowest BCUT2D eigenvalue weighted by Gasteiger charge is -2.35. The molecule has 0 aromatic rings. The van der Waals surface area contributed by atoms with Crippen LogP contribution in [0.3, 0.4) is 0 Å². The zero-order valence-corrected chi connectivity index (χ0v) is 5.68. The molecular weight excluding hydrogens is 134 g/mol. The summed E-state index contributed by atoms with van der Waals surface area (Å²) in [5.74, 6) is -1.28. The van der Waals surface area contributed by atoms with Crippen LogP contribution in [0.15, 0.2) is 0 Å². The summed E-state index contributed by atoms with van der Waals surface area (Å²) in [6, 6.07) is 0. The van der Waals surface area contributed by atoms with Crippen LogP contribution in [0.4, 0.5) is 0 Å². The summed E-state index contributed by atoms with van der Waals surface area (Å²) < 4.78 is 0. The summed E-state index contributed by atoms with van der Waals surface area (Å²) in [5.41, 5.74) is -1.11. The van der Waals surface area contributed by atoms with E-state index in [-0.39, 0.29) is 18.9 Å². The molecule has 0 atom stereocenters. The molecule has 1 heterocycles. The van der Waals surface area contributed by atoms with Gasteiger partial charge in [-0.15, -0.1) is 0 Å². The van der Waals surface area contributed by atoms with Crippen molar-refractivity contribution in [1.29, 1.82) is 0 Å². The Morgan fingerprint density at radius 3 is 2.00 bits per heavy atom. The third kappa shape index (κ3) is 0.724. The van der Waals surface area contributed by atoms with Gasteiger partial charge < -0.3 is 10.4 Å². The van der Waals surface area contributed by atoms with Crippen LogP contribution < -0.4 is 5.32 Å². The van der Waals surface area contributed by atoms with Gasteiger partial charge in [-0.2, -0.15) is 0 Å². The molecular formula is C6H9NO3. The van der Waals surface area contributed by atoms with Gasteiger partial charge in [0.2, 0.25) is 0 Å². The maximum atomic E-state index is 10.8. The van der Waals surface area contributed by atoms with E-state index in [1.165, 1.54) is 6.92 Å². The van der Waals surface area contributed by atoms with E-state index in [9.17, 15) is 9.59 Å². The average Bonchev–Trinajstić information content (AvgIpc) is 1.57. The molecule has 0 aromatic heterocycles. The molecule has 0 amide bonds. The number of aliphatic carboxylic acids is 1. The lowest BCUT2D eigenvalue weighted by molar-refractivity contribution is -0.157. The summed E-state index contributed by atoms with van der Waals surface area (Å²) in [6.45, 7) is 1.87. The Morgan fingerprint density at radius 2 is 2.00 bits per heavy atom. The van der Waals surface area contributed by atoms with E-state index in [2.05, 4.69) is 5.32 Å². The van der Waals surface area contributed by atoms with Crippen LogP contribution in [0.2, 0.25) is 0 Å². The summed E-state index contributed by atoms with van der Waals surface area (Å²) in [6.07, 6.45) is 0. The smallest absolute Gasteiger partial charge is 0.319 e. The molecule has 4 heteroatoms. The van der Waals surface area contributed by atoms with Crippen molar-refractivity contribution >= 4 is 11.8 Å². The summed E-state index contributed by atoms with van der Waals surface area (Å²) >= 11 is 0. The van der Waals surface area contributed by atoms with Crippen LogP contribution in [-0.4, -0.2) is 29.9 Å². The number of rotatable bonds is 2. The SMILES string of the molecule is CC(=O)C1(C(=O)O)CNC1. The molecule has 0 saturated carbocycles. The summed E-state index contributed by atoms with van der Waals surface area (Å²) in [5, 5.41) is 11.4. The van der Waals surface area contributed by atoms with Crippen LogP contribution in [0.1, 0.15) is 6.92 Å². The third-order valence-electron chi connectivity index (χ3n) is 1.94. The van der Waals surface area contributed by atoms with Gasteiger partial charge in [-0.1, -0.05) is 0 Å². The number of Topliss-reactive ketones (excluding diaryl/α,β-unsaturated/α-hetero) is 1. The number of carboxylic acids is 1. The van der Waals surface area contributed by atoms with E-state index >= 15 is 0 Å². The van der Waals surface area contributed by atoms with Crippen molar-refractivity contribution in [3.63, 3.8) is 0 Å². The number of carboxylic acid groups (broad SMARTS) is 1. The van der Waals surface area contributed by atoms with E-state index in [0.717, 1.165) is 0 Å². The van der Waals surface area contributed by atoms with Gasteiger partial charge >= 0.3 is 5.97 Å². The van der Waals surface area contributed by atoms with Crippen molar-refractivity contribution in [2.24, 2.45) is 5.41 Å². The first-order valence-corrected chi connectivity index (χ1v) is 3.05. The van der Waals surface area contributed by atoms with Gasteiger partial charge in [0.25, 0.3) is 0 Å². The fourth-order valence-corrected chi connectivity index (χ4v) is 0.926. The van der Waals surface area contributed by atoms with Crippen molar-refractivity contribution in [1.82, 2.24) is 5.32 Å². The molecule has 0 unspecified atom stereocenters. The van der Waals surface area contributed by atoms with E-state index < -0.39 is 11.4 Å². The van der Waals surface area contributed by atoms with Crippen molar-refractivity contribution in [3.05, 3.63) is 0 Å². The largest absolute Gasteiger partial charge is 0.480 e. The molecule has 2 N–H and O–H groups in total. The number of carbonyl (C=O) groups excluding carboxylic acids is 1. The standard InChI is InChI=1S/C6H9NO3/c1-4(8)6(5(9)10)2-7-3-6/h7H,2-3H2,1H3,(H,9,10). The van der Waals surface area contributed by atoms with Crippen molar-refractivity contribution in [3.8, 4) is 0 Å². The molecule has 4 nitrogen and oxygen atoms in total. The van der Waals surface area contributed by atoms with E-state index in [1.54, 1.807) is 0 Å². The van der Waals surface area contributed by atoms with Gasteiger partial charge in [0.05, 0.1) is 0 Å². The highest BCUT2D eigenvalue weighted by Gasteiger charge is 2.48. The molecule has 0 radical (unpaired) electrons. The molecule has 10 heavy (non-hydrogen) atoms. The first-order valence-electron chi connectivity index (χ1n) is 3.05. The molecule has 0 aliphatic carbocycles. The number of hydrogen-bond donors (Lipinski definition) is 2. The van der Waals surface area contributed by atoms with E-state index in [4.69, 9.17) is 5.11 Å². The predicted octanol–water partition coefficient (Wildman–Crippen LogP) is -0.750. The molecule has 1 saturated heterocycles. The average molecular weight is 143 g/mol. The molecule has 56 valence electrons. The van der Waals surface area contributed by atoms with Crippen LogP contribution in [0.25, 0.3) is 0 Å². The fourth-order valence-electron chi connectivity index (χ4n) is 0.926. The minimum atomic E-state index is -1.11. The Kier molecular flexibility index (Phi) is 1.48. The summed E-state index contributed by atoms with van der Waals surface area (Å²) in [7, 11) is 0. The third-order valence-corrected chi connectivity index (χ3v) is 1.94. The van der Waals surface area contributed by atoms with Gasteiger partial charge in [-0.25, -0.2) is 0 Å². The van der Waals surface area contributed by atoms with Crippen LogP contribution in [-0.2, 0) is 9.59 Å². The predicted molar refractivity (Wildman–Crippen MR) is 33.6 cm³/mol. The van der Waals surface area contributed by atoms with Crippen LogP contribution in [0, 0.1) is 5.41 Å². The maximum Gasteiger partial charge on any atom is 0.319 e. The first kappa shape index (κ1) is 7.21. The molecule has 0 spiro atoms. The zero-order valence-electron chi connectivity index (χ0n) is 5.68. The Hall–Kier alpha value is -0.900. The summed E-state index contributed by atoms with van der Waals surface area (Å²) in [4.78, 5) is 21.3. The Bertz CT molecular complexity index is 167. The molecule has 1 aliphatic heterocycles. The highest BCUT2D eigenvalue weighted by atomic mass is 16.4. The topological polar surface area (TPSA) is 66.4 Å². The second kappa shape index (κ2) is 2.05. The van der Waals surface area contributed by atoms with E-state index in [0.29, 0.717) is 0 Å². The Morgan fingerprint density at radius 1 is 1.50 bits per heavy atom. The number of ketones is 1. The van der Waals surface area contributed by atoms with Crippen LogP contribution in [0.5, 0.6) is 0 Å². The second-order valence-electron chi connectivity index (χ2n) is 2.55. The van der Waals surface area contributed by atoms with Crippen LogP contribution >= 0.6 is 0 Å². The van der Waals surface area contributed by atoms with Gasteiger partial charge in [-0.3, -0.25) is 9.59 Å². The minimum Gasteiger partial charge on any atom is -0.480 e. The minimum absolute atomic E-state index is 0.265. The maximum absolute atomic E-state index is 10.8. The quantitative estimate of drug-likeness (QED) is 0.499. The number of nitrogens with one attached hydrogen (secondary N) is 1. The number of carbonyl (C=O) groups is 2. The number of hydrogen-bond acceptors (Lipinski definition) is 3. The normalized spacial score (nSPS) is 21.3. The van der Waals surface area contributed by atoms with Gasteiger partial charge in [0, 0.05) is 13.1 Å². The van der Waals surface area contributed by atoms with Crippen molar-refractivity contribution < 1.29 is 14.7 Å². The molecule has 0 bridgehead atoms. The first-order chi connectivity index (χ1) is 4.59.